The minimum atomic E-state index is -0.599. The summed E-state index contributed by atoms with van der Waals surface area (Å²) in [6.45, 7) is 4.45. The van der Waals surface area contributed by atoms with Crippen molar-refractivity contribution in [2.75, 3.05) is 0 Å². The number of aryl methyl sites for hydroxylation is 2. The zero-order valence-corrected chi connectivity index (χ0v) is 18.8. The molecule has 166 valence electrons. The van der Waals surface area contributed by atoms with Crippen LogP contribution in [0.25, 0.3) is 0 Å². The molecule has 0 spiro atoms. The third kappa shape index (κ3) is 5.44. The quantitative estimate of drug-likeness (QED) is 0.353. The summed E-state index contributed by atoms with van der Waals surface area (Å²) in [5.41, 5.74) is 4.90. The molecule has 0 saturated heterocycles. The molecule has 0 atom stereocenters. The first-order valence-electron chi connectivity index (χ1n) is 11.8. The monoisotopic (exact) mass is 414 g/mol. The van der Waals surface area contributed by atoms with Crippen LogP contribution in [0.4, 0.5) is 0 Å². The molecule has 0 radical (unpaired) electrons. The van der Waals surface area contributed by atoms with Gasteiger partial charge in [0.05, 0.1) is 10.8 Å². The van der Waals surface area contributed by atoms with Gasteiger partial charge in [-0.1, -0.05) is 37.8 Å². The minimum absolute atomic E-state index is 0.374. The van der Waals surface area contributed by atoms with Crippen molar-refractivity contribution in [3.8, 4) is 0 Å². The van der Waals surface area contributed by atoms with Gasteiger partial charge in [0, 0.05) is 0 Å². The SMILES string of the molecule is Cc1c(CCCCCC2(C(=O)O)CC2)ccc(CCCCCC2(C(=O)O)CC2)c1C. The molecule has 2 N–H and O–H groups in total. The number of hydrogen-bond acceptors (Lipinski definition) is 2. The van der Waals surface area contributed by atoms with Crippen LogP contribution in [0, 0.1) is 24.7 Å². The largest absolute Gasteiger partial charge is 0.481 e. The first-order valence-corrected chi connectivity index (χ1v) is 11.8. The second-order valence-electron chi connectivity index (χ2n) is 9.93. The molecule has 2 aliphatic rings. The summed E-state index contributed by atoms with van der Waals surface area (Å²) < 4.78 is 0. The molecule has 0 aliphatic heterocycles. The molecule has 0 bridgehead atoms. The summed E-state index contributed by atoms with van der Waals surface area (Å²) >= 11 is 0. The maximum Gasteiger partial charge on any atom is 0.309 e. The molecule has 2 saturated carbocycles. The molecule has 2 aliphatic carbocycles. The molecular formula is C26H38O4. The second kappa shape index (κ2) is 9.53. The Bertz CT molecular complexity index is 706. The Morgan fingerprint density at radius 1 is 0.700 bits per heavy atom. The summed E-state index contributed by atoms with van der Waals surface area (Å²) in [7, 11) is 0. The maximum absolute atomic E-state index is 11.2. The zero-order chi connectivity index (χ0) is 21.8. The first kappa shape index (κ1) is 22.8. The third-order valence-corrected chi connectivity index (χ3v) is 7.83. The summed E-state index contributed by atoms with van der Waals surface area (Å²) in [5, 5.41) is 18.5. The molecule has 0 aromatic heterocycles. The van der Waals surface area contributed by atoms with Gasteiger partial charge in [0.25, 0.3) is 0 Å². The van der Waals surface area contributed by atoms with E-state index in [2.05, 4.69) is 26.0 Å². The van der Waals surface area contributed by atoms with Crippen molar-refractivity contribution < 1.29 is 19.8 Å². The summed E-state index contributed by atoms with van der Waals surface area (Å²) in [6, 6.07) is 4.56. The highest BCUT2D eigenvalue weighted by atomic mass is 16.4. The lowest BCUT2D eigenvalue weighted by atomic mass is 9.91. The molecule has 30 heavy (non-hydrogen) atoms. The second-order valence-corrected chi connectivity index (χ2v) is 9.93. The lowest BCUT2D eigenvalue weighted by molar-refractivity contribution is -0.144. The first-order chi connectivity index (χ1) is 14.3. The van der Waals surface area contributed by atoms with E-state index in [-0.39, 0.29) is 10.8 Å². The Balaban J connectivity index is 1.36. The van der Waals surface area contributed by atoms with Gasteiger partial charge in [-0.15, -0.1) is 0 Å². The highest BCUT2D eigenvalue weighted by Gasteiger charge is 2.49. The van der Waals surface area contributed by atoms with Crippen LogP contribution in [-0.4, -0.2) is 22.2 Å². The number of aliphatic carboxylic acids is 2. The molecule has 4 nitrogen and oxygen atoms in total. The third-order valence-electron chi connectivity index (χ3n) is 7.83. The van der Waals surface area contributed by atoms with Crippen molar-refractivity contribution in [3.63, 3.8) is 0 Å². The predicted octanol–water partition coefficient (Wildman–Crippen LogP) is 6.24. The van der Waals surface area contributed by atoms with Gasteiger partial charge in [0.15, 0.2) is 0 Å². The molecule has 0 heterocycles. The average molecular weight is 415 g/mol. The van der Waals surface area contributed by atoms with Crippen molar-refractivity contribution >= 4 is 11.9 Å². The minimum Gasteiger partial charge on any atom is -0.481 e. The van der Waals surface area contributed by atoms with Crippen molar-refractivity contribution in [3.05, 3.63) is 34.4 Å². The van der Waals surface area contributed by atoms with Crippen LogP contribution in [0.2, 0.25) is 0 Å². The van der Waals surface area contributed by atoms with E-state index in [0.29, 0.717) is 0 Å². The number of hydrogen-bond donors (Lipinski definition) is 2. The number of carbonyl (C=O) groups is 2. The summed E-state index contributed by atoms with van der Waals surface area (Å²) in [5.74, 6) is -1.20. The van der Waals surface area contributed by atoms with Gasteiger partial charge < -0.3 is 10.2 Å². The van der Waals surface area contributed by atoms with Crippen LogP contribution < -0.4 is 0 Å². The smallest absolute Gasteiger partial charge is 0.309 e. The van der Waals surface area contributed by atoms with E-state index in [1.54, 1.807) is 0 Å². The van der Waals surface area contributed by atoms with E-state index >= 15 is 0 Å². The van der Waals surface area contributed by atoms with Crippen molar-refractivity contribution in [1.82, 2.24) is 0 Å². The lowest BCUT2D eigenvalue weighted by Gasteiger charge is -2.14. The van der Waals surface area contributed by atoms with E-state index < -0.39 is 11.9 Å². The van der Waals surface area contributed by atoms with Gasteiger partial charge >= 0.3 is 11.9 Å². The number of carboxylic acids is 2. The lowest BCUT2D eigenvalue weighted by Crippen LogP contribution is -2.14. The average Bonchev–Trinajstić information content (AvgIpc) is 3.61. The van der Waals surface area contributed by atoms with E-state index in [1.807, 2.05) is 0 Å². The van der Waals surface area contributed by atoms with Gasteiger partial charge in [0.2, 0.25) is 0 Å². The number of carboxylic acid groups (broad SMARTS) is 2. The molecule has 1 aromatic rings. The predicted molar refractivity (Wildman–Crippen MR) is 119 cm³/mol. The Labute approximate surface area is 181 Å². The number of rotatable bonds is 14. The van der Waals surface area contributed by atoms with Crippen LogP contribution in [0.5, 0.6) is 0 Å². The van der Waals surface area contributed by atoms with Crippen LogP contribution in [-0.2, 0) is 22.4 Å². The van der Waals surface area contributed by atoms with E-state index in [1.165, 1.54) is 22.3 Å². The molecule has 1 aromatic carbocycles. The molecule has 0 amide bonds. The highest BCUT2D eigenvalue weighted by Crippen LogP contribution is 2.50. The molecule has 2 fully saturated rings. The fourth-order valence-electron chi connectivity index (χ4n) is 4.83. The Morgan fingerprint density at radius 3 is 1.37 bits per heavy atom. The fraction of sp³-hybridized carbons (Fsp3) is 0.692. The Kier molecular flexibility index (Phi) is 7.26. The normalized spacial score (nSPS) is 18.2. The van der Waals surface area contributed by atoms with Gasteiger partial charge in [0.1, 0.15) is 0 Å². The maximum atomic E-state index is 11.2. The molecule has 0 unspecified atom stereocenters. The van der Waals surface area contributed by atoms with E-state index in [0.717, 1.165) is 89.9 Å². The van der Waals surface area contributed by atoms with Crippen LogP contribution in [0.15, 0.2) is 12.1 Å². The molecular weight excluding hydrogens is 376 g/mol. The van der Waals surface area contributed by atoms with Crippen LogP contribution in [0.1, 0.15) is 99.3 Å². The molecule has 4 heteroatoms. The topological polar surface area (TPSA) is 74.6 Å². The Morgan fingerprint density at radius 2 is 1.07 bits per heavy atom. The van der Waals surface area contributed by atoms with E-state index in [9.17, 15) is 19.8 Å². The van der Waals surface area contributed by atoms with Crippen molar-refractivity contribution in [2.24, 2.45) is 10.8 Å². The van der Waals surface area contributed by atoms with Crippen LogP contribution >= 0.6 is 0 Å². The molecule has 3 rings (SSSR count). The highest BCUT2D eigenvalue weighted by molar-refractivity contribution is 5.78. The van der Waals surface area contributed by atoms with E-state index in [4.69, 9.17) is 0 Å². The zero-order valence-electron chi connectivity index (χ0n) is 18.8. The van der Waals surface area contributed by atoms with Crippen molar-refractivity contribution in [1.29, 1.82) is 0 Å². The van der Waals surface area contributed by atoms with Crippen LogP contribution in [0.3, 0.4) is 0 Å². The van der Waals surface area contributed by atoms with Gasteiger partial charge in [-0.25, -0.2) is 0 Å². The number of benzene rings is 1. The van der Waals surface area contributed by atoms with Gasteiger partial charge in [-0.2, -0.15) is 0 Å². The standard InChI is InChI=1S/C26H38O4/c1-19-20(2)22(10-6-4-8-14-26(17-18-26)24(29)30)12-11-21(19)9-5-3-7-13-25(15-16-25)23(27)28/h11-12H,3-10,13-18H2,1-2H3,(H,27,28)(H,29,30). The summed E-state index contributed by atoms with van der Waals surface area (Å²) in [4.78, 5) is 22.5. The van der Waals surface area contributed by atoms with Crippen molar-refractivity contribution in [2.45, 2.75) is 104 Å². The van der Waals surface area contributed by atoms with Gasteiger partial charge in [-0.3, -0.25) is 9.59 Å². The fourth-order valence-corrected chi connectivity index (χ4v) is 4.83. The van der Waals surface area contributed by atoms with Gasteiger partial charge in [-0.05, 0) is 100 Å². The summed E-state index contributed by atoms with van der Waals surface area (Å²) in [6.07, 6.45) is 13.8. The number of unbranched alkanes of at least 4 members (excludes halogenated alkanes) is 4. The Hall–Kier alpha value is -1.84.